The summed E-state index contributed by atoms with van der Waals surface area (Å²) in [7, 11) is -3.42. The molecule has 0 saturated heterocycles. The summed E-state index contributed by atoms with van der Waals surface area (Å²) < 4.78 is 39.7. The van der Waals surface area contributed by atoms with Gasteiger partial charge in [-0.2, -0.15) is 0 Å². The second-order valence-corrected chi connectivity index (χ2v) is 29.0. The van der Waals surface area contributed by atoms with E-state index in [0.717, 1.165) is 52.9 Å². The lowest BCUT2D eigenvalue weighted by atomic mass is 9.94. The van der Waals surface area contributed by atoms with E-state index in [1.54, 1.807) is 24.9 Å². The van der Waals surface area contributed by atoms with Crippen LogP contribution in [0, 0.1) is 6.92 Å². The van der Waals surface area contributed by atoms with E-state index in [2.05, 4.69) is 49.9 Å². The van der Waals surface area contributed by atoms with Crippen molar-refractivity contribution in [3.05, 3.63) is 46.1 Å². The Morgan fingerprint density at radius 3 is 2.34 bits per heavy atom. The van der Waals surface area contributed by atoms with Crippen LogP contribution in [0.25, 0.3) is 0 Å². The van der Waals surface area contributed by atoms with Gasteiger partial charge >= 0.3 is 19.5 Å². The second-order valence-electron chi connectivity index (χ2n) is 14.5. The Morgan fingerprint density at radius 1 is 1.06 bits per heavy atom. The quantitative estimate of drug-likeness (QED) is 0.0435. The first-order valence-corrected chi connectivity index (χ1v) is 26.6. The lowest BCUT2D eigenvalue weighted by Gasteiger charge is -2.22. The lowest BCUT2D eigenvalue weighted by molar-refractivity contribution is -0.142. The standard InChI is InChI=1S/C34H57O9PSSi2/c1-25(23-29(33(35)42-18-22-47(8,9)10)45-20-14-12-11-13-19-44(37,38)40-4)15-16-27-31(39-3)26(2)28-24-43-34(36)30(28)32(27)41-17-21-46(5,6)7/h11,13,15,29H,12,14,16-24H2,1-10H3,(H,37,38)/b13-11+,25-15+. The SMILES string of the molecule is COc1c(C)c2c(c(OCC[Si](C)(C)C)c1C/C=C(\C)CC(SCCC/C=C/CP(=O)(O)OC)C(=O)OCC[Si](C)(C)C)C(=O)OC2. The molecule has 0 fully saturated rings. The van der Waals surface area contributed by atoms with Crippen LogP contribution in [-0.2, 0) is 36.4 Å². The Balaban J connectivity index is 2.24. The van der Waals surface area contributed by atoms with Gasteiger partial charge in [0.25, 0.3) is 0 Å². The fourth-order valence-electron chi connectivity index (χ4n) is 4.87. The number of benzene rings is 1. The summed E-state index contributed by atoms with van der Waals surface area (Å²) in [6.45, 7) is 18.8. The Labute approximate surface area is 288 Å². The van der Waals surface area contributed by atoms with Crippen molar-refractivity contribution < 1.29 is 42.5 Å². The van der Waals surface area contributed by atoms with Gasteiger partial charge < -0.3 is 28.4 Å². The van der Waals surface area contributed by atoms with Gasteiger partial charge in [-0.1, -0.05) is 63.1 Å². The van der Waals surface area contributed by atoms with E-state index in [9.17, 15) is 19.0 Å². The van der Waals surface area contributed by atoms with Crippen molar-refractivity contribution in [2.24, 2.45) is 0 Å². The average molecular weight is 729 g/mol. The van der Waals surface area contributed by atoms with Gasteiger partial charge in [-0.3, -0.25) is 9.36 Å². The summed E-state index contributed by atoms with van der Waals surface area (Å²) in [6.07, 6.45) is 8.14. The van der Waals surface area contributed by atoms with Gasteiger partial charge in [-0.15, -0.1) is 11.8 Å². The zero-order valence-corrected chi connectivity index (χ0v) is 33.9. The van der Waals surface area contributed by atoms with Gasteiger partial charge in [0.05, 0.1) is 26.5 Å². The molecule has 13 heteroatoms. The molecule has 0 aromatic heterocycles. The molecule has 0 aliphatic carbocycles. The summed E-state index contributed by atoms with van der Waals surface area (Å²) in [6, 6.07) is 1.86. The first-order valence-electron chi connectivity index (χ1n) is 16.4. The number of rotatable bonds is 21. The van der Waals surface area contributed by atoms with E-state index in [1.807, 2.05) is 19.9 Å². The minimum atomic E-state index is -3.55. The van der Waals surface area contributed by atoms with E-state index in [0.29, 0.717) is 43.1 Å². The van der Waals surface area contributed by atoms with Crippen molar-refractivity contribution in [2.45, 2.75) is 103 Å². The highest BCUT2D eigenvalue weighted by Gasteiger charge is 2.33. The van der Waals surface area contributed by atoms with Gasteiger partial charge in [-0.25, -0.2) is 4.79 Å². The molecule has 9 nitrogen and oxygen atoms in total. The van der Waals surface area contributed by atoms with Crippen molar-refractivity contribution in [3.8, 4) is 11.5 Å². The number of hydrogen-bond acceptors (Lipinski definition) is 9. The van der Waals surface area contributed by atoms with E-state index in [4.69, 9.17) is 18.9 Å². The van der Waals surface area contributed by atoms with Crippen molar-refractivity contribution in [2.75, 3.05) is 39.3 Å². The maximum atomic E-state index is 13.3. The molecule has 2 rings (SSSR count). The molecule has 0 radical (unpaired) electrons. The van der Waals surface area contributed by atoms with Crippen LogP contribution in [0.5, 0.6) is 11.5 Å². The first kappa shape index (κ1) is 41.3. The highest BCUT2D eigenvalue weighted by molar-refractivity contribution is 8.00. The number of carbonyl (C=O) groups is 2. The number of allylic oxidation sites excluding steroid dienone is 4. The van der Waals surface area contributed by atoms with Crippen LogP contribution in [0.3, 0.4) is 0 Å². The van der Waals surface area contributed by atoms with E-state index >= 15 is 0 Å². The second kappa shape index (κ2) is 18.8. The topological polar surface area (TPSA) is 118 Å². The maximum absolute atomic E-state index is 13.3. The Kier molecular flexibility index (Phi) is 16.5. The van der Waals surface area contributed by atoms with Crippen LogP contribution in [0.4, 0.5) is 0 Å². The molecule has 1 aromatic rings. The number of methoxy groups -OCH3 is 1. The molecule has 0 saturated carbocycles. The third-order valence-corrected chi connectivity index (χ3v) is 13.8. The van der Waals surface area contributed by atoms with Crippen molar-refractivity contribution in [1.29, 1.82) is 0 Å². The van der Waals surface area contributed by atoms with Crippen LogP contribution >= 0.6 is 19.4 Å². The molecule has 1 aliphatic heterocycles. The number of fused-ring (bicyclic) bond motifs is 1. The fraction of sp³-hybridized carbons (Fsp3) is 0.647. The summed E-state index contributed by atoms with van der Waals surface area (Å²) in [5.41, 5.74) is 4.03. The molecule has 2 atom stereocenters. The number of hydrogen-bond donors (Lipinski definition) is 1. The lowest BCUT2D eigenvalue weighted by Crippen LogP contribution is -2.26. The van der Waals surface area contributed by atoms with Gasteiger partial charge in [0, 0.05) is 34.4 Å². The van der Waals surface area contributed by atoms with Crippen molar-refractivity contribution >= 4 is 47.4 Å². The van der Waals surface area contributed by atoms with E-state index in [1.165, 1.54) is 7.11 Å². The minimum Gasteiger partial charge on any atom is -0.496 e. The summed E-state index contributed by atoms with van der Waals surface area (Å²) in [4.78, 5) is 35.7. The number of thioether (sulfide) groups is 1. The van der Waals surface area contributed by atoms with Crippen LogP contribution in [0.15, 0.2) is 23.8 Å². The zero-order chi connectivity index (χ0) is 35.4. The minimum absolute atomic E-state index is 0.0204. The normalized spacial score (nSPS) is 15.7. The molecular formula is C34H57O9PSSi2. The van der Waals surface area contributed by atoms with E-state index < -0.39 is 23.7 Å². The third-order valence-electron chi connectivity index (χ3n) is 7.87. The number of unbranched alkanes of at least 4 members (excludes halogenated alkanes) is 1. The third kappa shape index (κ3) is 14.3. The predicted molar refractivity (Wildman–Crippen MR) is 198 cm³/mol. The fourth-order valence-corrected chi connectivity index (χ4v) is 8.06. The summed E-state index contributed by atoms with van der Waals surface area (Å²) >= 11 is 1.58. The molecule has 1 N–H and O–H groups in total. The van der Waals surface area contributed by atoms with Crippen molar-refractivity contribution in [3.63, 3.8) is 0 Å². The van der Waals surface area contributed by atoms with Gasteiger partial charge in [0.15, 0.2) is 0 Å². The highest BCUT2D eigenvalue weighted by atomic mass is 32.2. The van der Waals surface area contributed by atoms with Crippen molar-refractivity contribution in [1.82, 2.24) is 0 Å². The maximum Gasteiger partial charge on any atom is 0.342 e. The first-order chi connectivity index (χ1) is 21.9. The number of cyclic esters (lactones) is 1. The van der Waals surface area contributed by atoms with E-state index in [-0.39, 0.29) is 30.0 Å². The van der Waals surface area contributed by atoms with Gasteiger partial charge in [-0.05, 0) is 62.9 Å². The van der Waals surface area contributed by atoms with Crippen LogP contribution < -0.4 is 9.47 Å². The summed E-state index contributed by atoms with van der Waals surface area (Å²) in [5, 5.41) is -0.367. The molecule has 1 aromatic carbocycles. The molecule has 1 heterocycles. The zero-order valence-electron chi connectivity index (χ0n) is 30.2. The smallest absolute Gasteiger partial charge is 0.342 e. The molecule has 1 aliphatic rings. The molecular weight excluding hydrogens is 672 g/mol. The highest BCUT2D eigenvalue weighted by Crippen LogP contribution is 2.43. The molecule has 0 amide bonds. The number of esters is 2. The Morgan fingerprint density at radius 2 is 1.72 bits per heavy atom. The van der Waals surface area contributed by atoms with Crippen LogP contribution in [0.1, 0.15) is 53.2 Å². The molecule has 0 spiro atoms. The van der Waals surface area contributed by atoms with Gasteiger partial charge in [0.2, 0.25) is 0 Å². The predicted octanol–water partition coefficient (Wildman–Crippen LogP) is 8.42. The molecule has 47 heavy (non-hydrogen) atoms. The van der Waals surface area contributed by atoms with Crippen LogP contribution in [0.2, 0.25) is 51.4 Å². The molecule has 2 unspecified atom stereocenters. The Hall–Kier alpha value is -1.83. The average Bonchev–Trinajstić information content (AvgIpc) is 3.36. The number of ether oxygens (including phenoxy) is 4. The Bertz CT molecular complexity index is 1330. The largest absolute Gasteiger partial charge is 0.496 e. The van der Waals surface area contributed by atoms with Crippen LogP contribution in [-0.4, -0.2) is 77.6 Å². The summed E-state index contributed by atoms with van der Waals surface area (Å²) in [5.74, 6) is 1.40. The van der Waals surface area contributed by atoms with Gasteiger partial charge in [0.1, 0.15) is 28.9 Å². The molecule has 266 valence electrons. The number of carbonyl (C=O) groups excluding carboxylic acids is 2. The molecule has 0 bridgehead atoms. The monoisotopic (exact) mass is 728 g/mol.